The number of hydrogen-bond donors (Lipinski definition) is 3. The zero-order chi connectivity index (χ0) is 17.6. The molecule has 2 aliphatic heterocycles. The predicted molar refractivity (Wildman–Crippen MR) is 90.2 cm³/mol. The number of ether oxygens (including phenoxy) is 1. The summed E-state index contributed by atoms with van der Waals surface area (Å²) in [6.07, 6.45) is -1.46. The van der Waals surface area contributed by atoms with E-state index in [4.69, 9.17) is 4.74 Å². The van der Waals surface area contributed by atoms with E-state index in [9.17, 15) is 24.6 Å². The highest BCUT2D eigenvalue weighted by atomic mass is 79.9. The van der Waals surface area contributed by atoms with Gasteiger partial charge in [-0.05, 0) is 12.1 Å². The number of anilines is 1. The van der Waals surface area contributed by atoms with Gasteiger partial charge in [-0.25, -0.2) is 4.79 Å². The molecule has 1 aromatic rings. The van der Waals surface area contributed by atoms with Gasteiger partial charge in [-0.2, -0.15) is 0 Å². The number of aromatic carboxylic acids is 1. The fourth-order valence-corrected chi connectivity index (χ4v) is 4.23. The molecule has 4 atom stereocenters. The van der Waals surface area contributed by atoms with Crippen LogP contribution in [0.2, 0.25) is 0 Å². The summed E-state index contributed by atoms with van der Waals surface area (Å²) in [6, 6.07) is 5.93. The Hall–Kier alpha value is -1.71. The van der Waals surface area contributed by atoms with Gasteiger partial charge < -0.3 is 20.3 Å². The van der Waals surface area contributed by atoms with Crippen LogP contribution in [0.3, 0.4) is 0 Å². The quantitative estimate of drug-likeness (QED) is 0.635. The third-order valence-corrected chi connectivity index (χ3v) is 6.35. The number of fused-ring (bicyclic) bond motifs is 2. The Bertz CT molecular complexity index is 777. The van der Waals surface area contributed by atoms with Gasteiger partial charge in [-0.3, -0.25) is 9.59 Å². The zero-order valence-electron chi connectivity index (χ0n) is 11.9. The third-order valence-electron chi connectivity index (χ3n) is 4.06. The fourth-order valence-electron chi connectivity index (χ4n) is 2.99. The summed E-state index contributed by atoms with van der Waals surface area (Å²) in [5.74, 6) is -4.95. The molecule has 0 aliphatic carbocycles. The van der Waals surface area contributed by atoms with Crippen LogP contribution in [0.5, 0.6) is 0 Å². The Kier molecular flexibility index (Phi) is 4.50. The number of amides is 1. The molecule has 7 nitrogen and oxygen atoms in total. The molecule has 3 rings (SSSR count). The van der Waals surface area contributed by atoms with Gasteiger partial charge >= 0.3 is 11.9 Å². The summed E-state index contributed by atoms with van der Waals surface area (Å²) in [7, 11) is 0. The van der Waals surface area contributed by atoms with Crippen molar-refractivity contribution in [3.05, 3.63) is 38.8 Å². The number of carboxylic acids is 2. The minimum Gasteiger partial charge on any atom is -0.481 e. The molecule has 1 aromatic carbocycles. The van der Waals surface area contributed by atoms with Gasteiger partial charge in [0.25, 0.3) is 0 Å². The van der Waals surface area contributed by atoms with Gasteiger partial charge in [-0.1, -0.05) is 44.0 Å². The second-order valence-electron chi connectivity index (χ2n) is 5.40. The first-order valence-corrected chi connectivity index (χ1v) is 8.48. The number of carboxylic acid groups (broad SMARTS) is 2. The maximum atomic E-state index is 12.6. The van der Waals surface area contributed by atoms with Crippen LogP contribution in [-0.4, -0.2) is 40.3 Å². The van der Waals surface area contributed by atoms with Crippen molar-refractivity contribution >= 4 is 55.4 Å². The number of para-hydroxylation sites is 1. The maximum absolute atomic E-state index is 12.6. The van der Waals surface area contributed by atoms with E-state index in [0.717, 1.165) is 0 Å². The monoisotopic (exact) mass is 459 g/mol. The first-order chi connectivity index (χ1) is 11.3. The number of carbonyl (C=O) groups excluding carboxylic acids is 1. The van der Waals surface area contributed by atoms with E-state index in [2.05, 4.69) is 37.2 Å². The highest BCUT2D eigenvalue weighted by Crippen LogP contribution is 2.51. The summed E-state index contributed by atoms with van der Waals surface area (Å²) < 4.78 is 6.77. The average Bonchev–Trinajstić information content (AvgIpc) is 3.05. The van der Waals surface area contributed by atoms with E-state index in [1.54, 1.807) is 6.07 Å². The van der Waals surface area contributed by atoms with Crippen molar-refractivity contribution in [1.82, 2.24) is 0 Å². The molecule has 2 heterocycles. The predicted octanol–water partition coefficient (Wildman–Crippen LogP) is 2.42. The highest BCUT2D eigenvalue weighted by Gasteiger charge is 2.58. The van der Waals surface area contributed by atoms with Crippen LogP contribution in [0.1, 0.15) is 10.4 Å². The van der Waals surface area contributed by atoms with E-state index in [1.807, 2.05) is 0 Å². The van der Waals surface area contributed by atoms with E-state index >= 15 is 0 Å². The molecule has 0 unspecified atom stereocenters. The summed E-state index contributed by atoms with van der Waals surface area (Å²) in [5.41, 5.74) is 0.0404. The Labute approximate surface area is 152 Å². The average molecular weight is 461 g/mol. The summed E-state index contributed by atoms with van der Waals surface area (Å²) in [4.78, 5) is 35.4. The second kappa shape index (κ2) is 6.30. The molecule has 9 heteroatoms. The maximum Gasteiger partial charge on any atom is 0.337 e. The van der Waals surface area contributed by atoms with Crippen LogP contribution >= 0.6 is 31.9 Å². The van der Waals surface area contributed by atoms with E-state index in [1.165, 1.54) is 18.2 Å². The van der Waals surface area contributed by atoms with Gasteiger partial charge in [0.15, 0.2) is 0 Å². The van der Waals surface area contributed by atoms with Crippen molar-refractivity contribution < 1.29 is 29.3 Å². The Morgan fingerprint density at radius 1 is 1.00 bits per heavy atom. The molecule has 0 aromatic heterocycles. The van der Waals surface area contributed by atoms with Gasteiger partial charge in [-0.15, -0.1) is 0 Å². The lowest BCUT2D eigenvalue weighted by molar-refractivity contribution is -0.146. The van der Waals surface area contributed by atoms with Crippen molar-refractivity contribution in [1.29, 1.82) is 0 Å². The first-order valence-electron chi connectivity index (χ1n) is 6.89. The lowest BCUT2D eigenvalue weighted by atomic mass is 9.82. The number of nitrogens with one attached hydrogen (secondary N) is 1. The minimum absolute atomic E-state index is 0.0717. The first kappa shape index (κ1) is 17.1. The molecule has 0 spiro atoms. The summed E-state index contributed by atoms with van der Waals surface area (Å²) in [6.45, 7) is 0. The SMILES string of the molecule is O=C(O)c1ccccc1NC(=O)[C@@H]1[C@H](C(=O)O)[C@H]2O[C@H]1C(Br)=C2Br. The summed E-state index contributed by atoms with van der Waals surface area (Å²) in [5, 5.41) is 21.1. The molecule has 2 bridgehead atoms. The lowest BCUT2D eigenvalue weighted by Crippen LogP contribution is -2.41. The number of carbonyl (C=O) groups is 3. The molecule has 1 amide bonds. The van der Waals surface area contributed by atoms with Crippen molar-refractivity contribution in [3.8, 4) is 0 Å². The normalized spacial score (nSPS) is 28.1. The van der Waals surface area contributed by atoms with Crippen LogP contribution in [0.25, 0.3) is 0 Å². The second-order valence-corrected chi connectivity index (χ2v) is 7.11. The molecule has 1 fully saturated rings. The zero-order valence-corrected chi connectivity index (χ0v) is 15.1. The number of halogens is 2. The third kappa shape index (κ3) is 2.66. The topological polar surface area (TPSA) is 113 Å². The van der Waals surface area contributed by atoms with Crippen LogP contribution in [0.4, 0.5) is 5.69 Å². The van der Waals surface area contributed by atoms with Crippen molar-refractivity contribution in [2.75, 3.05) is 5.32 Å². The highest BCUT2D eigenvalue weighted by molar-refractivity contribution is 9.14. The van der Waals surface area contributed by atoms with Crippen LogP contribution < -0.4 is 5.32 Å². The van der Waals surface area contributed by atoms with Crippen LogP contribution in [-0.2, 0) is 14.3 Å². The molecule has 1 saturated heterocycles. The number of rotatable bonds is 4. The lowest BCUT2D eigenvalue weighted by Gasteiger charge is -2.24. The van der Waals surface area contributed by atoms with E-state index in [0.29, 0.717) is 8.96 Å². The smallest absolute Gasteiger partial charge is 0.337 e. The molecule has 0 saturated carbocycles. The van der Waals surface area contributed by atoms with Gasteiger partial charge in [0.05, 0.1) is 17.2 Å². The molecule has 126 valence electrons. The minimum atomic E-state index is -1.19. The number of aliphatic carboxylic acids is 1. The fraction of sp³-hybridized carbons (Fsp3) is 0.267. The van der Waals surface area contributed by atoms with Gasteiger partial charge in [0.1, 0.15) is 18.1 Å². The Morgan fingerprint density at radius 2 is 1.58 bits per heavy atom. The van der Waals surface area contributed by atoms with Gasteiger partial charge in [0, 0.05) is 8.96 Å². The van der Waals surface area contributed by atoms with Crippen molar-refractivity contribution in [2.45, 2.75) is 12.2 Å². The van der Waals surface area contributed by atoms with Crippen LogP contribution in [0.15, 0.2) is 33.2 Å². The van der Waals surface area contributed by atoms with Gasteiger partial charge in [0.2, 0.25) is 5.91 Å². The van der Waals surface area contributed by atoms with Crippen molar-refractivity contribution in [2.24, 2.45) is 11.8 Å². The van der Waals surface area contributed by atoms with Crippen LogP contribution in [0, 0.1) is 11.8 Å². The molecular formula is C15H11Br2NO6. The number of benzene rings is 1. The molecule has 2 aliphatic rings. The standard InChI is InChI=1S/C15H11Br2NO6/c16-9-10(17)12-8(15(22)23)7(11(9)24-12)13(19)18-6-4-2-1-3-5(6)14(20)21/h1-4,7-8,11-12H,(H,18,19)(H,20,21)(H,22,23)/t7-,8+,11-,12-/m1/s1. The Balaban J connectivity index is 1.91. The molecule has 0 radical (unpaired) electrons. The molecular weight excluding hydrogens is 450 g/mol. The molecule has 3 N–H and O–H groups in total. The van der Waals surface area contributed by atoms with E-state index in [-0.39, 0.29) is 11.3 Å². The van der Waals surface area contributed by atoms with Crippen molar-refractivity contribution in [3.63, 3.8) is 0 Å². The summed E-state index contributed by atoms with van der Waals surface area (Å²) >= 11 is 6.59. The van der Waals surface area contributed by atoms with E-state index < -0.39 is 41.9 Å². The number of hydrogen-bond acceptors (Lipinski definition) is 4. The Morgan fingerprint density at radius 3 is 2.17 bits per heavy atom. The largest absolute Gasteiger partial charge is 0.481 e. The molecule has 24 heavy (non-hydrogen) atoms.